The molecule has 2 atom stereocenters. The summed E-state index contributed by atoms with van der Waals surface area (Å²) >= 11 is 0. The van der Waals surface area contributed by atoms with Gasteiger partial charge in [0.1, 0.15) is 24.2 Å². The van der Waals surface area contributed by atoms with E-state index < -0.39 is 18.2 Å². The fourth-order valence-electron chi connectivity index (χ4n) is 8.35. The fraction of sp³-hybridized carbons (Fsp3) is 0.442. The highest BCUT2D eigenvalue weighted by molar-refractivity contribution is 5.98. The Bertz CT molecular complexity index is 2340. The second kappa shape index (κ2) is 17.8. The smallest absolute Gasteiger partial charge is 0.407 e. The number of hydrogen-bond donors (Lipinski definition) is 4. The summed E-state index contributed by atoms with van der Waals surface area (Å²) in [6.07, 6.45) is 5.47. The van der Waals surface area contributed by atoms with Gasteiger partial charge in [-0.25, -0.2) is 19.6 Å². The van der Waals surface area contributed by atoms with Gasteiger partial charge < -0.3 is 49.2 Å². The van der Waals surface area contributed by atoms with Crippen molar-refractivity contribution in [2.45, 2.75) is 71.6 Å². The number of H-pyrrole nitrogens is 2. The maximum atomic E-state index is 13.6. The van der Waals surface area contributed by atoms with Gasteiger partial charge in [0, 0.05) is 55.2 Å². The van der Waals surface area contributed by atoms with Crippen LogP contribution in [0.3, 0.4) is 0 Å². The standard InChI is InChI=1S/C43H53N9O7/c1-7-14-50(41(54)38(25(2)3)49-43(56)59-6)24-36-44-21-32(47-36)27-11-13-34-30(19-27)31-20-28-18-26(10-12-29(28)39(31)52(34)16-17-57-4)33-22-45-40(48-33)35-9-8-15-51(35)37(53)23-46-42(55)58-5/h10-13,18-19,21-22,25,35,38H,7-9,14-17,20,23-24H2,1-6H3,(H,44,47)(H,45,48)(H,46,55)(H,49,56). The van der Waals surface area contributed by atoms with Crippen LogP contribution in [0.1, 0.15) is 68.9 Å². The number of aromatic nitrogens is 5. The van der Waals surface area contributed by atoms with Gasteiger partial charge in [0.2, 0.25) is 11.8 Å². The van der Waals surface area contributed by atoms with Crippen molar-refractivity contribution in [3.05, 3.63) is 71.6 Å². The van der Waals surface area contributed by atoms with Crippen LogP contribution < -0.4 is 10.6 Å². The predicted octanol–water partition coefficient (Wildman–Crippen LogP) is 5.78. The molecular weight excluding hydrogens is 755 g/mol. The van der Waals surface area contributed by atoms with E-state index in [0.717, 1.165) is 64.9 Å². The number of likely N-dealkylation sites (tertiary alicyclic amines) is 1. The fourth-order valence-corrected chi connectivity index (χ4v) is 8.35. The molecule has 59 heavy (non-hydrogen) atoms. The number of ether oxygens (including phenoxy) is 3. The topological polar surface area (TPSA) is 189 Å². The summed E-state index contributed by atoms with van der Waals surface area (Å²) in [5.74, 6) is 0.869. The molecule has 4 heterocycles. The first kappa shape index (κ1) is 41.0. The normalized spacial score (nSPS) is 15.0. The summed E-state index contributed by atoms with van der Waals surface area (Å²) in [4.78, 5) is 70.0. The number of benzene rings is 2. The van der Waals surface area contributed by atoms with E-state index in [4.69, 9.17) is 14.5 Å². The third-order valence-corrected chi connectivity index (χ3v) is 11.3. The SMILES string of the molecule is CCCN(Cc1ncc(-c2ccc3c(c2)c2c(n3CCOC)-c3ccc(-c4cnc(C5CCCN5C(=O)CNC(=O)OC)[nH]4)cc3C2)[nH]1)C(=O)C(NC(=O)OC)C(C)C. The second-order valence-electron chi connectivity index (χ2n) is 15.4. The Kier molecular flexibility index (Phi) is 12.4. The van der Waals surface area contributed by atoms with E-state index >= 15 is 0 Å². The molecule has 1 fully saturated rings. The van der Waals surface area contributed by atoms with Crippen LogP contribution in [0.4, 0.5) is 9.59 Å². The molecule has 0 spiro atoms. The van der Waals surface area contributed by atoms with Crippen LogP contribution >= 0.6 is 0 Å². The van der Waals surface area contributed by atoms with Crippen LogP contribution in [0.2, 0.25) is 0 Å². The third kappa shape index (κ3) is 8.40. The molecule has 2 aliphatic rings. The minimum atomic E-state index is -0.726. The quantitative estimate of drug-likeness (QED) is 0.0998. The summed E-state index contributed by atoms with van der Waals surface area (Å²) < 4.78 is 17.3. The zero-order chi connectivity index (χ0) is 41.8. The van der Waals surface area contributed by atoms with Crippen LogP contribution in [0.5, 0.6) is 0 Å². The Morgan fingerprint density at radius 1 is 0.966 bits per heavy atom. The van der Waals surface area contributed by atoms with E-state index in [0.29, 0.717) is 32.1 Å². The Morgan fingerprint density at radius 3 is 2.46 bits per heavy atom. The van der Waals surface area contributed by atoms with Gasteiger partial charge in [-0.3, -0.25) is 9.59 Å². The lowest BCUT2D eigenvalue weighted by Crippen LogP contribution is -2.51. The highest BCUT2D eigenvalue weighted by Gasteiger charge is 2.33. The summed E-state index contributed by atoms with van der Waals surface area (Å²) in [5.41, 5.74) is 9.62. The van der Waals surface area contributed by atoms with Crippen molar-refractivity contribution < 1.29 is 33.4 Å². The minimum absolute atomic E-state index is 0.133. The molecule has 5 aromatic rings. The Balaban J connectivity index is 1.13. The van der Waals surface area contributed by atoms with Gasteiger partial charge >= 0.3 is 12.2 Å². The van der Waals surface area contributed by atoms with E-state index in [2.05, 4.69) is 71.3 Å². The van der Waals surface area contributed by atoms with Crippen LogP contribution in [-0.2, 0) is 43.3 Å². The van der Waals surface area contributed by atoms with Crippen molar-refractivity contribution >= 4 is 34.9 Å². The zero-order valence-corrected chi connectivity index (χ0v) is 34.5. The van der Waals surface area contributed by atoms with E-state index in [1.54, 1.807) is 23.1 Å². The van der Waals surface area contributed by atoms with Gasteiger partial charge in [-0.2, -0.15) is 0 Å². The number of amides is 4. The lowest BCUT2D eigenvalue weighted by atomic mass is 10.0. The molecule has 7 rings (SSSR count). The molecule has 4 amide bonds. The summed E-state index contributed by atoms with van der Waals surface area (Å²) in [5, 5.41) is 6.33. The molecule has 1 saturated heterocycles. The molecule has 3 aromatic heterocycles. The number of carbonyl (C=O) groups excluding carboxylic acids is 4. The van der Waals surface area contributed by atoms with Gasteiger partial charge in [0.05, 0.1) is 62.9 Å². The molecular formula is C43H53N9O7. The molecule has 4 N–H and O–H groups in total. The van der Waals surface area contributed by atoms with Gasteiger partial charge in [-0.05, 0) is 60.1 Å². The molecule has 312 valence electrons. The average Bonchev–Trinajstić information content (AvgIpc) is 4.09. The van der Waals surface area contributed by atoms with Crippen molar-refractivity contribution in [2.75, 3.05) is 47.6 Å². The number of aromatic amines is 2. The zero-order valence-electron chi connectivity index (χ0n) is 34.5. The number of rotatable bonds is 15. The number of hydrogen-bond acceptors (Lipinski definition) is 9. The first-order valence-corrected chi connectivity index (χ1v) is 20.2. The second-order valence-corrected chi connectivity index (χ2v) is 15.4. The maximum absolute atomic E-state index is 13.6. The summed E-state index contributed by atoms with van der Waals surface area (Å²) in [7, 11) is 4.27. The molecule has 16 nitrogen and oxygen atoms in total. The monoisotopic (exact) mass is 807 g/mol. The van der Waals surface area contributed by atoms with Crippen LogP contribution in [0.25, 0.3) is 44.7 Å². The highest BCUT2D eigenvalue weighted by atomic mass is 16.5. The number of methoxy groups -OCH3 is 3. The molecule has 0 bridgehead atoms. The van der Waals surface area contributed by atoms with E-state index in [1.165, 1.54) is 36.6 Å². The van der Waals surface area contributed by atoms with Crippen LogP contribution in [-0.4, -0.2) is 112 Å². The first-order chi connectivity index (χ1) is 28.5. The molecule has 2 unspecified atom stereocenters. The summed E-state index contributed by atoms with van der Waals surface area (Å²) in [6, 6.07) is 12.0. The third-order valence-electron chi connectivity index (χ3n) is 11.3. The highest BCUT2D eigenvalue weighted by Crippen LogP contribution is 2.45. The van der Waals surface area contributed by atoms with Crippen LogP contribution in [0, 0.1) is 5.92 Å². The number of imidazole rings is 2. The van der Waals surface area contributed by atoms with E-state index in [9.17, 15) is 19.2 Å². The lowest BCUT2D eigenvalue weighted by molar-refractivity contribution is -0.135. The first-order valence-electron chi connectivity index (χ1n) is 20.2. The van der Waals surface area contributed by atoms with Crippen molar-refractivity contribution in [1.29, 1.82) is 0 Å². The molecule has 2 aromatic carbocycles. The average molecular weight is 808 g/mol. The van der Waals surface area contributed by atoms with Gasteiger partial charge in [-0.1, -0.05) is 39.0 Å². The lowest BCUT2D eigenvalue weighted by Gasteiger charge is -2.28. The van der Waals surface area contributed by atoms with Crippen molar-refractivity contribution in [1.82, 2.24) is 44.9 Å². The Morgan fingerprint density at radius 2 is 1.71 bits per heavy atom. The van der Waals surface area contributed by atoms with Crippen molar-refractivity contribution in [3.8, 4) is 33.8 Å². The predicted molar refractivity (Wildman–Crippen MR) is 221 cm³/mol. The number of nitrogens with one attached hydrogen (secondary N) is 4. The number of fused-ring (bicyclic) bond motifs is 5. The van der Waals surface area contributed by atoms with Gasteiger partial charge in [0.15, 0.2) is 0 Å². The molecule has 0 saturated carbocycles. The molecule has 1 aliphatic heterocycles. The van der Waals surface area contributed by atoms with Gasteiger partial charge in [-0.15, -0.1) is 0 Å². The molecule has 16 heteroatoms. The van der Waals surface area contributed by atoms with Gasteiger partial charge in [0.25, 0.3) is 0 Å². The Labute approximate surface area is 343 Å². The van der Waals surface area contributed by atoms with Crippen molar-refractivity contribution in [3.63, 3.8) is 0 Å². The minimum Gasteiger partial charge on any atom is -0.453 e. The van der Waals surface area contributed by atoms with Crippen LogP contribution in [0.15, 0.2) is 48.8 Å². The Hall–Kier alpha value is -6.16. The molecule has 0 radical (unpaired) electrons. The number of nitrogens with zero attached hydrogens (tertiary/aromatic N) is 5. The molecule has 1 aliphatic carbocycles. The maximum Gasteiger partial charge on any atom is 0.407 e. The van der Waals surface area contributed by atoms with Crippen molar-refractivity contribution in [2.24, 2.45) is 5.92 Å². The summed E-state index contributed by atoms with van der Waals surface area (Å²) in [6.45, 7) is 8.29. The van der Waals surface area contributed by atoms with E-state index in [1.807, 2.05) is 27.0 Å². The largest absolute Gasteiger partial charge is 0.453 e. The van der Waals surface area contributed by atoms with E-state index in [-0.39, 0.29) is 36.9 Å². The number of carbonyl (C=O) groups is 4. The number of alkyl carbamates (subject to hydrolysis) is 2.